The van der Waals surface area contributed by atoms with Crippen molar-refractivity contribution in [3.05, 3.63) is 34.2 Å². The molecule has 0 bridgehead atoms. The normalized spacial score (nSPS) is 17.8. The Morgan fingerprint density at radius 1 is 1.48 bits per heavy atom. The van der Waals surface area contributed by atoms with Crippen molar-refractivity contribution in [2.75, 3.05) is 18.5 Å². The van der Waals surface area contributed by atoms with Gasteiger partial charge in [0.15, 0.2) is 5.13 Å². The van der Waals surface area contributed by atoms with E-state index in [0.717, 1.165) is 36.2 Å². The van der Waals surface area contributed by atoms with Crippen LogP contribution in [0.3, 0.4) is 0 Å². The summed E-state index contributed by atoms with van der Waals surface area (Å²) in [5, 5.41) is 4.68. The van der Waals surface area contributed by atoms with Gasteiger partial charge in [-0.1, -0.05) is 18.3 Å². The fourth-order valence-electron chi connectivity index (χ4n) is 2.88. The molecule has 114 valence electrons. The summed E-state index contributed by atoms with van der Waals surface area (Å²) in [7, 11) is 2.09. The van der Waals surface area contributed by atoms with Crippen LogP contribution in [-0.2, 0) is 13.0 Å². The maximum atomic E-state index is 5.66. The van der Waals surface area contributed by atoms with Crippen LogP contribution in [0.15, 0.2) is 16.5 Å². The van der Waals surface area contributed by atoms with E-state index in [9.17, 15) is 0 Å². The Kier molecular flexibility index (Phi) is 4.31. The van der Waals surface area contributed by atoms with Crippen LogP contribution in [0.25, 0.3) is 0 Å². The van der Waals surface area contributed by atoms with Crippen LogP contribution < -0.4 is 10.2 Å². The number of fused-ring (bicyclic) bond motifs is 1. The molecular weight excluding hydrogens is 282 g/mol. The molecule has 0 aromatic carbocycles. The third kappa shape index (κ3) is 3.14. The third-order valence-corrected chi connectivity index (χ3v) is 5.23. The van der Waals surface area contributed by atoms with Crippen LogP contribution in [-0.4, -0.2) is 18.6 Å². The minimum atomic E-state index is 0.490. The van der Waals surface area contributed by atoms with Gasteiger partial charge >= 0.3 is 0 Å². The predicted molar refractivity (Wildman–Crippen MR) is 87.0 cm³/mol. The summed E-state index contributed by atoms with van der Waals surface area (Å²) < 4.78 is 5.66. The van der Waals surface area contributed by atoms with Crippen molar-refractivity contribution in [1.29, 1.82) is 0 Å². The molecule has 2 aromatic heterocycles. The summed E-state index contributed by atoms with van der Waals surface area (Å²) in [6, 6.07) is 4.54. The van der Waals surface area contributed by atoms with Gasteiger partial charge in [0.25, 0.3) is 0 Å². The highest BCUT2D eigenvalue weighted by molar-refractivity contribution is 7.15. The topological polar surface area (TPSA) is 41.3 Å². The fourth-order valence-corrected chi connectivity index (χ4v) is 4.06. The Morgan fingerprint density at radius 2 is 2.33 bits per heavy atom. The molecule has 0 radical (unpaired) electrons. The number of nitrogens with one attached hydrogen (secondary N) is 1. The number of aryl methyl sites for hydroxylation is 2. The molecule has 1 atom stereocenters. The average Bonchev–Trinajstić information content (AvgIpc) is 3.06. The summed E-state index contributed by atoms with van der Waals surface area (Å²) in [5.74, 6) is 1.95. The zero-order valence-electron chi connectivity index (χ0n) is 13.0. The van der Waals surface area contributed by atoms with Crippen molar-refractivity contribution in [3.8, 4) is 0 Å². The van der Waals surface area contributed by atoms with E-state index in [4.69, 9.17) is 9.40 Å². The first-order valence-electron chi connectivity index (χ1n) is 7.66. The molecule has 4 nitrogen and oxygen atoms in total. The monoisotopic (exact) mass is 305 g/mol. The highest BCUT2D eigenvalue weighted by atomic mass is 32.1. The Labute approximate surface area is 130 Å². The van der Waals surface area contributed by atoms with E-state index >= 15 is 0 Å². The van der Waals surface area contributed by atoms with Gasteiger partial charge in [-0.15, -0.1) is 0 Å². The zero-order chi connectivity index (χ0) is 14.8. The van der Waals surface area contributed by atoms with E-state index in [1.165, 1.54) is 23.4 Å². The Bertz CT molecular complexity index is 604. The molecule has 1 N–H and O–H groups in total. The predicted octanol–water partition coefficient (Wildman–Crippen LogP) is 3.67. The smallest absolute Gasteiger partial charge is 0.185 e. The third-order valence-electron chi connectivity index (χ3n) is 3.91. The van der Waals surface area contributed by atoms with Crippen molar-refractivity contribution in [1.82, 2.24) is 10.3 Å². The molecule has 0 saturated carbocycles. The van der Waals surface area contributed by atoms with Crippen LogP contribution in [0.5, 0.6) is 0 Å². The fraction of sp³-hybridized carbons (Fsp3) is 0.562. The molecule has 5 heteroatoms. The maximum Gasteiger partial charge on any atom is 0.185 e. The van der Waals surface area contributed by atoms with Gasteiger partial charge in [-0.05, 0) is 44.9 Å². The number of nitrogens with zero attached hydrogens (tertiary/aromatic N) is 2. The summed E-state index contributed by atoms with van der Waals surface area (Å²) in [6.07, 6.45) is 3.57. The second kappa shape index (κ2) is 6.20. The molecule has 21 heavy (non-hydrogen) atoms. The average molecular weight is 305 g/mol. The number of rotatable bonds is 5. The lowest BCUT2D eigenvalue weighted by atomic mass is 9.98. The minimum Gasteiger partial charge on any atom is -0.464 e. The molecule has 0 aliphatic heterocycles. The van der Waals surface area contributed by atoms with E-state index in [1.807, 2.05) is 30.4 Å². The van der Waals surface area contributed by atoms with Crippen molar-refractivity contribution in [2.45, 2.75) is 45.7 Å². The SMILES string of the molecule is CCNC1CCCc2nc(N(C)Cc3ccc(C)o3)sc21. The molecule has 1 unspecified atom stereocenters. The quantitative estimate of drug-likeness (QED) is 0.915. The molecule has 0 fully saturated rings. The van der Waals surface area contributed by atoms with Gasteiger partial charge in [-0.2, -0.15) is 0 Å². The van der Waals surface area contributed by atoms with Gasteiger partial charge in [0.2, 0.25) is 0 Å². The Morgan fingerprint density at radius 3 is 3.05 bits per heavy atom. The number of furan rings is 1. The molecule has 2 heterocycles. The zero-order valence-corrected chi connectivity index (χ0v) is 13.8. The lowest BCUT2D eigenvalue weighted by Gasteiger charge is -2.21. The van der Waals surface area contributed by atoms with E-state index < -0.39 is 0 Å². The lowest BCUT2D eigenvalue weighted by Crippen LogP contribution is -2.23. The highest BCUT2D eigenvalue weighted by Gasteiger charge is 2.25. The molecule has 0 saturated heterocycles. The standard InChI is InChI=1S/C16H23N3OS/c1-4-17-13-6-5-7-14-15(13)21-16(18-14)19(3)10-12-9-8-11(2)20-12/h8-9,13,17H,4-7,10H2,1-3H3. The summed E-state index contributed by atoms with van der Waals surface area (Å²) in [4.78, 5) is 8.46. The Balaban J connectivity index is 1.76. The van der Waals surface area contributed by atoms with Crippen LogP contribution in [0, 0.1) is 6.92 Å². The van der Waals surface area contributed by atoms with Crippen molar-refractivity contribution < 1.29 is 4.42 Å². The van der Waals surface area contributed by atoms with E-state index in [-0.39, 0.29) is 0 Å². The van der Waals surface area contributed by atoms with Gasteiger partial charge in [0.05, 0.1) is 12.2 Å². The van der Waals surface area contributed by atoms with Gasteiger partial charge in [0.1, 0.15) is 11.5 Å². The lowest BCUT2D eigenvalue weighted by molar-refractivity contribution is 0.475. The Hall–Kier alpha value is -1.33. The first-order valence-corrected chi connectivity index (χ1v) is 8.48. The molecule has 1 aliphatic rings. The van der Waals surface area contributed by atoms with Gasteiger partial charge < -0.3 is 14.6 Å². The molecular formula is C16H23N3OS. The van der Waals surface area contributed by atoms with Crippen LogP contribution >= 0.6 is 11.3 Å². The van der Waals surface area contributed by atoms with Gasteiger partial charge in [-0.25, -0.2) is 4.98 Å². The van der Waals surface area contributed by atoms with E-state index in [2.05, 4.69) is 24.2 Å². The van der Waals surface area contributed by atoms with Crippen molar-refractivity contribution >= 4 is 16.5 Å². The van der Waals surface area contributed by atoms with Crippen LogP contribution in [0.2, 0.25) is 0 Å². The first kappa shape index (κ1) is 14.6. The second-order valence-electron chi connectivity index (χ2n) is 5.68. The molecule has 0 spiro atoms. The van der Waals surface area contributed by atoms with Crippen molar-refractivity contribution in [3.63, 3.8) is 0 Å². The molecule has 3 rings (SSSR count). The molecule has 0 amide bonds. The largest absolute Gasteiger partial charge is 0.464 e. The summed E-state index contributed by atoms with van der Waals surface area (Å²) >= 11 is 1.83. The van der Waals surface area contributed by atoms with Gasteiger partial charge in [0, 0.05) is 18.0 Å². The summed E-state index contributed by atoms with van der Waals surface area (Å²) in [6.45, 7) is 5.93. The number of anilines is 1. The number of aromatic nitrogens is 1. The minimum absolute atomic E-state index is 0.490. The second-order valence-corrected chi connectivity index (χ2v) is 6.69. The number of hydrogen-bond acceptors (Lipinski definition) is 5. The van der Waals surface area contributed by atoms with E-state index in [1.54, 1.807) is 0 Å². The van der Waals surface area contributed by atoms with Gasteiger partial charge in [-0.3, -0.25) is 0 Å². The van der Waals surface area contributed by atoms with Crippen LogP contribution in [0.4, 0.5) is 5.13 Å². The number of hydrogen-bond donors (Lipinski definition) is 1. The first-order chi connectivity index (χ1) is 10.2. The van der Waals surface area contributed by atoms with Crippen molar-refractivity contribution in [2.24, 2.45) is 0 Å². The highest BCUT2D eigenvalue weighted by Crippen LogP contribution is 2.37. The van der Waals surface area contributed by atoms with Crippen LogP contribution in [0.1, 0.15) is 47.9 Å². The molecule has 2 aromatic rings. The summed E-state index contributed by atoms with van der Waals surface area (Å²) in [5.41, 5.74) is 1.29. The molecule has 1 aliphatic carbocycles. The van der Waals surface area contributed by atoms with E-state index in [0.29, 0.717) is 6.04 Å². The number of thiazole rings is 1. The maximum absolute atomic E-state index is 5.66.